The zero-order valence-electron chi connectivity index (χ0n) is 16.5. The van der Waals surface area contributed by atoms with E-state index < -0.39 is 0 Å². The molecular weight excluding hydrogens is 478 g/mol. The fourth-order valence-electron chi connectivity index (χ4n) is 1.62. The molecule has 28 heavy (non-hydrogen) atoms. The van der Waals surface area contributed by atoms with Crippen molar-refractivity contribution in [2.24, 2.45) is 0 Å². The first-order valence-electron chi connectivity index (χ1n) is 8.43. The Morgan fingerprint density at radius 2 is 1.00 bits per heavy atom. The Hall–Kier alpha value is -0.920. The van der Waals surface area contributed by atoms with Crippen LogP contribution in [0.15, 0.2) is 85.0 Å². The molecule has 4 heteroatoms. The average molecular weight is 507 g/mol. The standard InChI is InChI=1S/2C7H7.2C5H5.2ClH.H2Si.Zr/c2*1-7-5-3-2-4-6-7;2*1-2-4-5-3-1;;;;/h2*3-6H,1H3;2*1-3H,4H2;2*1H;1H2;/q4*-1;;;;. The Morgan fingerprint density at radius 3 is 1.11 bits per heavy atom. The SMILES string of the molecule is Cc1cc[c-]cc1.Cc1cc[c-]cc1.Cl.Cl.[C-]1=CC=CC1.[C-]1=CC=CC1.[SiH2]=[Zr]. The average Bonchev–Trinajstić information content (AvgIpc) is 3.44. The van der Waals surface area contributed by atoms with E-state index >= 15 is 0 Å². The molecule has 0 radical (unpaired) electrons. The summed E-state index contributed by atoms with van der Waals surface area (Å²) in [5.74, 6) is 0. The van der Waals surface area contributed by atoms with Crippen molar-refractivity contribution in [3.63, 3.8) is 0 Å². The molecule has 0 aliphatic heterocycles. The van der Waals surface area contributed by atoms with Crippen LogP contribution in [0.25, 0.3) is 0 Å². The van der Waals surface area contributed by atoms with E-state index in [9.17, 15) is 0 Å². The fourth-order valence-corrected chi connectivity index (χ4v) is 1.62. The van der Waals surface area contributed by atoms with Gasteiger partial charge < -0.3 is 0 Å². The van der Waals surface area contributed by atoms with Gasteiger partial charge in [0.15, 0.2) is 0 Å². The Labute approximate surface area is 200 Å². The van der Waals surface area contributed by atoms with Crippen molar-refractivity contribution in [1.82, 2.24) is 0 Å². The van der Waals surface area contributed by atoms with Gasteiger partial charge in [-0.05, 0) is 0 Å². The molecule has 2 aromatic carbocycles. The predicted molar refractivity (Wildman–Crippen MR) is 126 cm³/mol. The van der Waals surface area contributed by atoms with Crippen molar-refractivity contribution in [2.75, 3.05) is 0 Å². The van der Waals surface area contributed by atoms with Crippen molar-refractivity contribution in [2.45, 2.75) is 26.7 Å². The zero-order valence-corrected chi connectivity index (χ0v) is 22.0. The molecule has 0 saturated carbocycles. The summed E-state index contributed by atoms with van der Waals surface area (Å²) in [6, 6.07) is 21.6. The number of allylic oxidation sites excluding steroid dienone is 8. The molecule has 0 unspecified atom stereocenters. The van der Waals surface area contributed by atoms with E-state index in [0.29, 0.717) is 0 Å². The van der Waals surface area contributed by atoms with Crippen molar-refractivity contribution in [1.29, 1.82) is 0 Å². The minimum absolute atomic E-state index is 0. The van der Waals surface area contributed by atoms with Gasteiger partial charge in [-0.1, -0.05) is 13.8 Å². The van der Waals surface area contributed by atoms with Crippen LogP contribution in [0.2, 0.25) is 0 Å². The molecule has 0 heterocycles. The van der Waals surface area contributed by atoms with Crippen LogP contribution in [0.1, 0.15) is 24.0 Å². The van der Waals surface area contributed by atoms with Crippen LogP contribution in [0.4, 0.5) is 0 Å². The Morgan fingerprint density at radius 1 is 0.679 bits per heavy atom. The molecule has 150 valence electrons. The summed E-state index contributed by atoms with van der Waals surface area (Å²) in [5.41, 5.74) is 2.58. The van der Waals surface area contributed by atoms with E-state index in [1.807, 2.05) is 79.7 Å². The number of halogens is 2. The van der Waals surface area contributed by atoms with Crippen LogP contribution >= 0.6 is 24.8 Å². The third kappa shape index (κ3) is 23.1. The van der Waals surface area contributed by atoms with E-state index in [4.69, 9.17) is 0 Å². The summed E-state index contributed by atoms with van der Waals surface area (Å²) in [4.78, 5) is 0. The Balaban J connectivity index is -0.000000285. The topological polar surface area (TPSA) is 0 Å². The molecule has 0 amide bonds. The molecule has 0 aromatic heterocycles. The monoisotopic (exact) mass is 504 g/mol. The summed E-state index contributed by atoms with van der Waals surface area (Å²) in [7, 11) is 0. The number of rotatable bonds is 0. The van der Waals surface area contributed by atoms with Gasteiger partial charge in [0, 0.05) is 0 Å². The molecule has 0 bridgehead atoms. The Bertz CT molecular complexity index is 586. The molecule has 2 aliphatic carbocycles. The van der Waals surface area contributed by atoms with E-state index in [1.165, 1.54) is 11.1 Å². The van der Waals surface area contributed by atoms with E-state index in [0.717, 1.165) is 12.8 Å². The number of hydrogen-bond donors (Lipinski definition) is 0. The van der Waals surface area contributed by atoms with Crippen molar-refractivity contribution >= 4 is 31.7 Å². The molecule has 0 atom stereocenters. The number of hydrogen-bond acceptors (Lipinski definition) is 0. The Kier molecular flexibility index (Phi) is 29.6. The van der Waals surface area contributed by atoms with Crippen molar-refractivity contribution in [3.05, 3.63) is 120 Å². The second-order valence-corrected chi connectivity index (χ2v) is 5.16. The number of benzene rings is 2. The first kappa shape index (κ1) is 31.8. The minimum atomic E-state index is 0. The summed E-state index contributed by atoms with van der Waals surface area (Å²) in [6.45, 7) is 6.08. The van der Waals surface area contributed by atoms with Gasteiger partial charge in [-0.25, -0.2) is 24.3 Å². The summed E-state index contributed by atoms with van der Waals surface area (Å²) >= 11 is 1.58. The summed E-state index contributed by atoms with van der Waals surface area (Å²) < 4.78 is 0. The van der Waals surface area contributed by atoms with Crippen LogP contribution < -0.4 is 0 Å². The maximum absolute atomic E-state index is 2.99. The second kappa shape index (κ2) is 26.1. The molecule has 0 nitrogen and oxygen atoms in total. The number of aryl methyl sites for hydroxylation is 2. The van der Waals surface area contributed by atoms with Gasteiger partial charge in [0.25, 0.3) is 0 Å². The summed E-state index contributed by atoms with van der Waals surface area (Å²) in [6.07, 6.45) is 20.0. The quantitative estimate of drug-likeness (QED) is 0.298. The van der Waals surface area contributed by atoms with Crippen LogP contribution in [-0.4, -0.2) is 6.88 Å². The first-order chi connectivity index (χ1) is 12.8. The van der Waals surface area contributed by atoms with Gasteiger partial charge in [-0.3, -0.25) is 12.2 Å². The normalized spacial score (nSPS) is 10.8. The third-order valence-electron chi connectivity index (χ3n) is 2.94. The van der Waals surface area contributed by atoms with Gasteiger partial charge in [0.05, 0.1) is 0 Å². The van der Waals surface area contributed by atoms with E-state index in [-0.39, 0.29) is 24.8 Å². The second-order valence-electron chi connectivity index (χ2n) is 5.16. The van der Waals surface area contributed by atoms with Gasteiger partial charge in [-0.2, -0.15) is 83.9 Å². The van der Waals surface area contributed by atoms with Crippen LogP contribution in [0, 0.1) is 38.1 Å². The van der Waals surface area contributed by atoms with Crippen molar-refractivity contribution < 1.29 is 23.3 Å². The zero-order chi connectivity index (χ0) is 19.3. The molecule has 2 aliphatic rings. The van der Waals surface area contributed by atoms with Crippen molar-refractivity contribution in [3.8, 4) is 0 Å². The van der Waals surface area contributed by atoms with Gasteiger partial charge >= 0.3 is 30.2 Å². The first-order valence-corrected chi connectivity index (χ1v) is 14.4. The molecule has 0 spiro atoms. The van der Waals surface area contributed by atoms with Gasteiger partial charge in [-0.15, -0.1) is 37.7 Å². The maximum atomic E-state index is 2.99. The molecule has 0 fully saturated rings. The molecule has 0 N–H and O–H groups in total. The summed E-state index contributed by atoms with van der Waals surface area (Å²) in [5, 5.41) is 0. The molecule has 4 rings (SSSR count). The fraction of sp³-hybridized carbons (Fsp3) is 0.167. The molecule has 0 saturated heterocycles. The van der Waals surface area contributed by atoms with Gasteiger partial charge in [0.1, 0.15) is 0 Å². The molecule has 2 aromatic rings. The van der Waals surface area contributed by atoms with Crippen LogP contribution in [0.5, 0.6) is 0 Å². The predicted octanol–water partition coefficient (Wildman–Crippen LogP) is 6.13. The van der Waals surface area contributed by atoms with Crippen LogP contribution in [-0.2, 0) is 23.3 Å². The van der Waals surface area contributed by atoms with Crippen LogP contribution in [0.3, 0.4) is 0 Å². The third-order valence-corrected chi connectivity index (χ3v) is 2.94. The van der Waals surface area contributed by atoms with E-state index in [2.05, 4.69) is 50.3 Å². The van der Waals surface area contributed by atoms with Gasteiger partial charge in [0.2, 0.25) is 0 Å². The van der Waals surface area contributed by atoms with E-state index in [1.54, 1.807) is 23.3 Å². The molecular formula is C24H28Cl2SiZr-4.